The van der Waals surface area contributed by atoms with E-state index >= 15 is 0 Å². The highest BCUT2D eigenvalue weighted by atomic mass is 35.5. The van der Waals surface area contributed by atoms with Crippen LogP contribution in [0.1, 0.15) is 28.5 Å². The largest absolute Gasteiger partial charge is 0.496 e. The number of benzene rings is 1. The lowest BCUT2D eigenvalue weighted by molar-refractivity contribution is 0.111. The highest BCUT2D eigenvalue weighted by Gasteiger charge is 2.16. The summed E-state index contributed by atoms with van der Waals surface area (Å²) < 4.78 is 5.56. The molecule has 3 nitrogen and oxygen atoms in total. The number of carbonyl (C=O) groups excluding carboxylic acids is 1. The van der Waals surface area contributed by atoms with E-state index in [0.29, 0.717) is 10.7 Å². The van der Waals surface area contributed by atoms with Crippen LogP contribution in [0.4, 0.5) is 0 Å². The van der Waals surface area contributed by atoms with Crippen molar-refractivity contribution in [1.29, 1.82) is 0 Å². The lowest BCUT2D eigenvalue weighted by Gasteiger charge is -2.17. The second kappa shape index (κ2) is 6.06. The number of carbonyl (C=O) groups is 1. The number of nitrogens with zero attached hydrogens (tertiary/aromatic N) is 1. The van der Waals surface area contributed by atoms with E-state index in [1.54, 1.807) is 19.4 Å². The van der Waals surface area contributed by atoms with Gasteiger partial charge in [-0.2, -0.15) is 0 Å². The number of hydrogen-bond acceptors (Lipinski definition) is 3. The van der Waals surface area contributed by atoms with Crippen LogP contribution in [-0.4, -0.2) is 18.4 Å². The molecule has 1 aromatic carbocycles. The quantitative estimate of drug-likeness (QED) is 0.796. The van der Waals surface area contributed by atoms with Gasteiger partial charge in [0.2, 0.25) is 0 Å². The molecule has 20 heavy (non-hydrogen) atoms. The van der Waals surface area contributed by atoms with Gasteiger partial charge in [-0.1, -0.05) is 24.6 Å². The maximum atomic E-state index is 10.7. The van der Waals surface area contributed by atoms with Crippen molar-refractivity contribution in [3.05, 3.63) is 46.2 Å². The Morgan fingerprint density at radius 2 is 2.15 bits per heavy atom. The van der Waals surface area contributed by atoms with Gasteiger partial charge in [-0.25, -0.2) is 0 Å². The Hall–Kier alpha value is -1.87. The Morgan fingerprint density at radius 1 is 1.40 bits per heavy atom. The molecule has 0 aliphatic rings. The third-order valence-corrected chi connectivity index (χ3v) is 3.73. The summed E-state index contributed by atoms with van der Waals surface area (Å²) >= 11 is 6.30. The summed E-state index contributed by atoms with van der Waals surface area (Å²) in [6.45, 7) is 4.01. The minimum absolute atomic E-state index is 0.406. The molecule has 2 rings (SSSR count). The molecule has 0 unspecified atom stereocenters. The highest BCUT2D eigenvalue weighted by Crippen LogP contribution is 2.39. The number of ether oxygens (including phenoxy) is 1. The van der Waals surface area contributed by atoms with Gasteiger partial charge in [0.15, 0.2) is 6.29 Å². The number of hydrogen-bond donors (Lipinski definition) is 0. The van der Waals surface area contributed by atoms with Crippen LogP contribution >= 0.6 is 11.6 Å². The van der Waals surface area contributed by atoms with Crippen LogP contribution in [-0.2, 0) is 6.42 Å². The molecule has 0 N–H and O–H groups in total. The van der Waals surface area contributed by atoms with Gasteiger partial charge in [0.25, 0.3) is 0 Å². The molecule has 0 radical (unpaired) electrons. The predicted octanol–water partition coefficient (Wildman–Crippen LogP) is 4.09. The van der Waals surface area contributed by atoms with Crippen molar-refractivity contribution >= 4 is 17.9 Å². The van der Waals surface area contributed by atoms with E-state index in [2.05, 4.69) is 11.9 Å². The highest BCUT2D eigenvalue weighted by molar-refractivity contribution is 6.32. The standard InChI is InChI=1S/C16H16ClNO2/c1-4-11-7-14(17)10(2)15(16(11)20-3)12-5-6-13(9-19)18-8-12/h5-9H,4H2,1-3H3. The van der Waals surface area contributed by atoms with Gasteiger partial charge < -0.3 is 4.74 Å². The fourth-order valence-corrected chi connectivity index (χ4v) is 2.47. The minimum atomic E-state index is 0.406. The summed E-state index contributed by atoms with van der Waals surface area (Å²) in [6, 6.07) is 5.48. The summed E-state index contributed by atoms with van der Waals surface area (Å²) in [7, 11) is 1.65. The summed E-state index contributed by atoms with van der Waals surface area (Å²) in [5, 5.41) is 0.706. The van der Waals surface area contributed by atoms with Crippen molar-refractivity contribution in [3.8, 4) is 16.9 Å². The zero-order valence-corrected chi connectivity index (χ0v) is 12.5. The molecule has 1 heterocycles. The Morgan fingerprint density at radius 3 is 2.65 bits per heavy atom. The van der Waals surface area contributed by atoms with Crippen molar-refractivity contribution in [2.45, 2.75) is 20.3 Å². The van der Waals surface area contributed by atoms with Crippen LogP contribution in [0.25, 0.3) is 11.1 Å². The normalized spacial score (nSPS) is 10.4. The van der Waals surface area contributed by atoms with E-state index in [1.807, 2.05) is 19.1 Å². The Labute approximate surface area is 123 Å². The SMILES string of the molecule is CCc1cc(Cl)c(C)c(-c2ccc(C=O)nc2)c1OC. The average molecular weight is 290 g/mol. The fourth-order valence-electron chi connectivity index (χ4n) is 2.24. The number of methoxy groups -OCH3 is 1. The Bertz CT molecular complexity index is 636. The summed E-state index contributed by atoms with van der Waals surface area (Å²) in [4.78, 5) is 14.8. The van der Waals surface area contributed by atoms with E-state index in [9.17, 15) is 4.79 Å². The molecule has 0 amide bonds. The molecule has 104 valence electrons. The van der Waals surface area contributed by atoms with E-state index in [4.69, 9.17) is 16.3 Å². The molecule has 0 fully saturated rings. The van der Waals surface area contributed by atoms with E-state index in [0.717, 1.165) is 40.7 Å². The van der Waals surface area contributed by atoms with Gasteiger partial charge in [0, 0.05) is 22.3 Å². The van der Waals surface area contributed by atoms with Crippen molar-refractivity contribution in [1.82, 2.24) is 4.98 Å². The number of aryl methyl sites for hydroxylation is 1. The third kappa shape index (κ3) is 2.54. The molecule has 1 aromatic heterocycles. The monoisotopic (exact) mass is 289 g/mol. The summed E-state index contributed by atoms with van der Waals surface area (Å²) in [5.74, 6) is 0.815. The number of rotatable bonds is 4. The lowest BCUT2D eigenvalue weighted by atomic mass is 9.96. The number of halogens is 1. The van der Waals surface area contributed by atoms with Crippen molar-refractivity contribution in [2.75, 3.05) is 7.11 Å². The van der Waals surface area contributed by atoms with Crippen LogP contribution in [0, 0.1) is 6.92 Å². The van der Waals surface area contributed by atoms with E-state index in [-0.39, 0.29) is 0 Å². The Kier molecular flexibility index (Phi) is 4.40. The van der Waals surface area contributed by atoms with Crippen LogP contribution < -0.4 is 4.74 Å². The maximum absolute atomic E-state index is 10.7. The second-order valence-electron chi connectivity index (χ2n) is 4.49. The first-order valence-corrected chi connectivity index (χ1v) is 6.77. The van der Waals surface area contributed by atoms with Gasteiger partial charge in [-0.3, -0.25) is 9.78 Å². The lowest BCUT2D eigenvalue weighted by Crippen LogP contribution is -1.98. The number of aromatic nitrogens is 1. The molecule has 0 saturated carbocycles. The number of aldehydes is 1. The van der Waals surface area contributed by atoms with E-state index < -0.39 is 0 Å². The molecule has 4 heteroatoms. The zero-order chi connectivity index (χ0) is 14.7. The molecule has 0 atom stereocenters. The zero-order valence-electron chi connectivity index (χ0n) is 11.7. The average Bonchev–Trinajstić information content (AvgIpc) is 2.49. The van der Waals surface area contributed by atoms with Crippen LogP contribution in [0.3, 0.4) is 0 Å². The fraction of sp³-hybridized carbons (Fsp3) is 0.250. The topological polar surface area (TPSA) is 39.2 Å². The molecule has 2 aromatic rings. The summed E-state index contributed by atoms with van der Waals surface area (Å²) in [5.41, 5.74) is 4.23. The van der Waals surface area contributed by atoms with Crippen LogP contribution in [0.15, 0.2) is 24.4 Å². The molecule has 0 aliphatic heterocycles. The van der Waals surface area contributed by atoms with Crippen LogP contribution in [0.2, 0.25) is 5.02 Å². The predicted molar refractivity (Wildman–Crippen MR) is 80.7 cm³/mol. The van der Waals surface area contributed by atoms with Gasteiger partial charge >= 0.3 is 0 Å². The molecule has 0 saturated heterocycles. The maximum Gasteiger partial charge on any atom is 0.168 e. The molecule has 0 aliphatic carbocycles. The summed E-state index contributed by atoms with van der Waals surface area (Å²) in [6.07, 6.45) is 3.23. The van der Waals surface area contributed by atoms with Gasteiger partial charge in [-0.05, 0) is 36.6 Å². The van der Waals surface area contributed by atoms with Crippen molar-refractivity contribution in [2.24, 2.45) is 0 Å². The second-order valence-corrected chi connectivity index (χ2v) is 4.90. The van der Waals surface area contributed by atoms with Gasteiger partial charge in [0.1, 0.15) is 11.4 Å². The first-order valence-electron chi connectivity index (χ1n) is 6.39. The third-order valence-electron chi connectivity index (χ3n) is 3.33. The first kappa shape index (κ1) is 14.5. The van der Waals surface area contributed by atoms with Crippen molar-refractivity contribution in [3.63, 3.8) is 0 Å². The number of pyridine rings is 1. The van der Waals surface area contributed by atoms with Crippen molar-refractivity contribution < 1.29 is 9.53 Å². The first-order chi connectivity index (χ1) is 9.62. The molecule has 0 bridgehead atoms. The molecular formula is C16H16ClNO2. The Balaban J connectivity index is 2.69. The molecular weight excluding hydrogens is 274 g/mol. The smallest absolute Gasteiger partial charge is 0.168 e. The van der Waals surface area contributed by atoms with Gasteiger partial charge in [-0.15, -0.1) is 0 Å². The molecule has 0 spiro atoms. The van der Waals surface area contributed by atoms with Gasteiger partial charge in [0.05, 0.1) is 7.11 Å². The minimum Gasteiger partial charge on any atom is -0.496 e. The van der Waals surface area contributed by atoms with Crippen LogP contribution in [0.5, 0.6) is 5.75 Å². The van der Waals surface area contributed by atoms with E-state index in [1.165, 1.54) is 0 Å².